The molecule has 0 radical (unpaired) electrons. The summed E-state index contributed by atoms with van der Waals surface area (Å²) in [6.07, 6.45) is 2.89. The van der Waals surface area contributed by atoms with Gasteiger partial charge in [0.05, 0.1) is 10.7 Å². The third-order valence-electron chi connectivity index (χ3n) is 2.22. The molecule has 0 spiro atoms. The zero-order chi connectivity index (χ0) is 9.42. The summed E-state index contributed by atoms with van der Waals surface area (Å²) in [6.45, 7) is 4.15. The molecule has 2 nitrogen and oxygen atoms in total. The average molecular weight is 195 g/mol. The van der Waals surface area contributed by atoms with Crippen LogP contribution in [0.3, 0.4) is 0 Å². The molecule has 0 N–H and O–H groups in total. The van der Waals surface area contributed by atoms with Crippen LogP contribution in [0.1, 0.15) is 18.3 Å². The van der Waals surface area contributed by atoms with Gasteiger partial charge in [-0.2, -0.15) is 0 Å². The normalized spacial score (nSPS) is 11.0. The van der Waals surface area contributed by atoms with E-state index in [2.05, 4.69) is 16.3 Å². The third kappa shape index (κ3) is 1.31. The van der Waals surface area contributed by atoms with E-state index in [4.69, 9.17) is 11.6 Å². The number of hydrogen-bond acceptors (Lipinski definition) is 1. The van der Waals surface area contributed by atoms with Crippen LogP contribution in [0.2, 0.25) is 5.02 Å². The van der Waals surface area contributed by atoms with E-state index in [-0.39, 0.29) is 0 Å². The maximum absolute atomic E-state index is 5.91. The van der Waals surface area contributed by atoms with Gasteiger partial charge in [-0.25, -0.2) is 4.98 Å². The molecule has 0 saturated carbocycles. The third-order valence-corrected chi connectivity index (χ3v) is 2.44. The van der Waals surface area contributed by atoms with E-state index in [1.807, 2.05) is 25.3 Å². The van der Waals surface area contributed by atoms with E-state index in [1.165, 1.54) is 5.69 Å². The number of aromatic nitrogens is 2. The highest BCUT2D eigenvalue weighted by Crippen LogP contribution is 2.16. The number of halogens is 1. The van der Waals surface area contributed by atoms with E-state index in [1.54, 1.807) is 0 Å². The molecule has 0 saturated heterocycles. The topological polar surface area (TPSA) is 17.3 Å². The Labute approximate surface area is 82.2 Å². The van der Waals surface area contributed by atoms with Crippen LogP contribution in [0.4, 0.5) is 0 Å². The molecule has 0 amide bonds. The Kier molecular flexibility index (Phi) is 2.00. The molecule has 2 aromatic heterocycles. The van der Waals surface area contributed by atoms with E-state index >= 15 is 0 Å². The molecular weight excluding hydrogens is 184 g/mol. The molecule has 0 aromatic carbocycles. The van der Waals surface area contributed by atoms with Crippen LogP contribution >= 0.6 is 11.6 Å². The van der Waals surface area contributed by atoms with Gasteiger partial charge in [0.15, 0.2) is 0 Å². The van der Waals surface area contributed by atoms with Crippen molar-refractivity contribution in [2.45, 2.75) is 20.3 Å². The quantitative estimate of drug-likeness (QED) is 0.683. The summed E-state index contributed by atoms with van der Waals surface area (Å²) in [4.78, 5) is 4.43. The molecule has 2 aromatic rings. The highest BCUT2D eigenvalue weighted by atomic mass is 35.5. The molecular formula is C10H11ClN2. The molecule has 2 rings (SSSR count). The van der Waals surface area contributed by atoms with Crippen molar-refractivity contribution in [3.8, 4) is 0 Å². The van der Waals surface area contributed by atoms with Gasteiger partial charge in [-0.15, -0.1) is 0 Å². The molecule has 0 aliphatic heterocycles. The van der Waals surface area contributed by atoms with E-state index in [0.29, 0.717) is 0 Å². The van der Waals surface area contributed by atoms with Crippen LogP contribution in [0.15, 0.2) is 18.3 Å². The lowest BCUT2D eigenvalue weighted by Crippen LogP contribution is -1.91. The molecule has 0 atom stereocenters. The van der Waals surface area contributed by atoms with Gasteiger partial charge >= 0.3 is 0 Å². The lowest BCUT2D eigenvalue weighted by atomic mass is 10.3. The maximum Gasteiger partial charge on any atom is 0.137 e. The van der Waals surface area contributed by atoms with Crippen molar-refractivity contribution in [3.05, 3.63) is 34.7 Å². The van der Waals surface area contributed by atoms with E-state index in [9.17, 15) is 0 Å². The molecule has 68 valence electrons. The van der Waals surface area contributed by atoms with Crippen molar-refractivity contribution in [1.29, 1.82) is 0 Å². The Morgan fingerprint density at radius 3 is 2.92 bits per heavy atom. The summed E-state index contributed by atoms with van der Waals surface area (Å²) >= 11 is 5.91. The van der Waals surface area contributed by atoms with E-state index in [0.717, 1.165) is 22.8 Å². The van der Waals surface area contributed by atoms with Crippen LogP contribution in [0.25, 0.3) is 5.65 Å². The maximum atomic E-state index is 5.91. The Morgan fingerprint density at radius 2 is 2.23 bits per heavy atom. The number of fused-ring (bicyclic) bond motifs is 1. The molecule has 0 aliphatic rings. The summed E-state index contributed by atoms with van der Waals surface area (Å²) in [6, 6.07) is 3.80. The van der Waals surface area contributed by atoms with Gasteiger partial charge in [0.1, 0.15) is 5.65 Å². The first-order valence-corrected chi connectivity index (χ1v) is 4.73. The van der Waals surface area contributed by atoms with Crippen molar-refractivity contribution in [2.75, 3.05) is 0 Å². The first-order chi connectivity index (χ1) is 6.22. The van der Waals surface area contributed by atoms with Crippen molar-refractivity contribution in [2.24, 2.45) is 0 Å². The number of imidazole rings is 1. The minimum atomic E-state index is 0.750. The smallest absolute Gasteiger partial charge is 0.137 e. The zero-order valence-electron chi connectivity index (χ0n) is 7.71. The van der Waals surface area contributed by atoms with Crippen LogP contribution in [-0.4, -0.2) is 9.38 Å². The fourth-order valence-corrected chi connectivity index (χ4v) is 1.77. The van der Waals surface area contributed by atoms with Gasteiger partial charge in [0.2, 0.25) is 0 Å². The van der Waals surface area contributed by atoms with Crippen LogP contribution in [0, 0.1) is 6.92 Å². The molecule has 3 heteroatoms. The predicted octanol–water partition coefficient (Wildman–Crippen LogP) is 2.86. The Bertz CT molecular complexity index is 445. The average Bonchev–Trinajstić information content (AvgIpc) is 2.40. The highest BCUT2D eigenvalue weighted by molar-refractivity contribution is 6.30. The molecule has 0 aliphatic carbocycles. The van der Waals surface area contributed by atoms with Crippen LogP contribution < -0.4 is 0 Å². The van der Waals surface area contributed by atoms with E-state index < -0.39 is 0 Å². The number of rotatable bonds is 1. The first kappa shape index (κ1) is 8.57. The summed E-state index contributed by atoms with van der Waals surface area (Å²) < 4.78 is 2.05. The summed E-state index contributed by atoms with van der Waals surface area (Å²) in [5, 5.41) is 0.750. The lowest BCUT2D eigenvalue weighted by Gasteiger charge is -1.98. The van der Waals surface area contributed by atoms with Gasteiger partial charge in [-0.05, 0) is 25.5 Å². The van der Waals surface area contributed by atoms with Crippen molar-refractivity contribution < 1.29 is 0 Å². The second-order valence-corrected chi connectivity index (χ2v) is 3.51. The van der Waals surface area contributed by atoms with Crippen LogP contribution in [-0.2, 0) is 6.42 Å². The van der Waals surface area contributed by atoms with Crippen molar-refractivity contribution in [1.82, 2.24) is 9.38 Å². The number of hydrogen-bond donors (Lipinski definition) is 0. The molecule has 13 heavy (non-hydrogen) atoms. The molecule has 2 heterocycles. The van der Waals surface area contributed by atoms with Gasteiger partial charge in [-0.3, -0.25) is 0 Å². The first-order valence-electron chi connectivity index (χ1n) is 4.35. The second-order valence-electron chi connectivity index (χ2n) is 3.07. The fourth-order valence-electron chi connectivity index (χ4n) is 1.61. The van der Waals surface area contributed by atoms with Gasteiger partial charge in [0.25, 0.3) is 0 Å². The Balaban J connectivity index is 2.80. The zero-order valence-corrected chi connectivity index (χ0v) is 8.47. The second kappa shape index (κ2) is 3.04. The lowest BCUT2D eigenvalue weighted by molar-refractivity contribution is 0.978. The standard InChI is InChI=1S/C10H11ClN2/c1-3-9-7(2)12-10-5-4-8(11)6-13(9)10/h4-6H,3H2,1-2H3. The number of pyridine rings is 1. The SMILES string of the molecule is CCc1c(C)nc2ccc(Cl)cn12. The summed E-state index contributed by atoms with van der Waals surface area (Å²) in [5.41, 5.74) is 3.29. The van der Waals surface area contributed by atoms with Gasteiger partial charge in [0, 0.05) is 11.9 Å². The molecule has 0 fully saturated rings. The highest BCUT2D eigenvalue weighted by Gasteiger charge is 2.05. The molecule has 0 bridgehead atoms. The van der Waals surface area contributed by atoms with Crippen LogP contribution in [0.5, 0.6) is 0 Å². The number of nitrogens with zero attached hydrogens (tertiary/aromatic N) is 2. The summed E-state index contributed by atoms with van der Waals surface area (Å²) in [5.74, 6) is 0. The minimum Gasteiger partial charge on any atom is -0.302 e. The fraction of sp³-hybridized carbons (Fsp3) is 0.300. The van der Waals surface area contributed by atoms with Crippen molar-refractivity contribution >= 4 is 17.2 Å². The monoisotopic (exact) mass is 194 g/mol. The van der Waals surface area contributed by atoms with Gasteiger partial charge < -0.3 is 4.40 Å². The summed E-state index contributed by atoms with van der Waals surface area (Å²) in [7, 11) is 0. The minimum absolute atomic E-state index is 0.750. The molecule has 0 unspecified atom stereocenters. The predicted molar refractivity (Wildman–Crippen MR) is 54.3 cm³/mol. The number of aryl methyl sites for hydroxylation is 2. The van der Waals surface area contributed by atoms with Gasteiger partial charge in [-0.1, -0.05) is 18.5 Å². The van der Waals surface area contributed by atoms with Crippen molar-refractivity contribution in [3.63, 3.8) is 0 Å². The Hall–Kier alpha value is -1.02. The largest absolute Gasteiger partial charge is 0.302 e. The Morgan fingerprint density at radius 1 is 1.46 bits per heavy atom.